The molecule has 0 fully saturated rings. The molecule has 0 bridgehead atoms. The van der Waals surface area contributed by atoms with Gasteiger partial charge in [-0.3, -0.25) is 0 Å². The van der Waals surface area contributed by atoms with E-state index in [0.29, 0.717) is 12.1 Å². The molecular formula is C15H29N3S. The molecule has 4 heteroatoms. The third-order valence-corrected chi connectivity index (χ3v) is 4.38. The molecule has 1 rings (SSSR count). The van der Waals surface area contributed by atoms with Crippen LogP contribution in [-0.2, 0) is 6.54 Å². The molecule has 1 unspecified atom stereocenters. The van der Waals surface area contributed by atoms with Crippen LogP contribution in [0.4, 0.5) is 5.13 Å². The van der Waals surface area contributed by atoms with E-state index in [1.807, 2.05) is 17.5 Å². The Labute approximate surface area is 122 Å². The number of hydrogen-bond acceptors (Lipinski definition) is 4. The Kier molecular flexibility index (Phi) is 7.39. The first kappa shape index (κ1) is 16.4. The number of nitrogens with one attached hydrogen (secondary N) is 1. The largest absolute Gasteiger partial charge is 0.345 e. The zero-order valence-corrected chi connectivity index (χ0v) is 13.9. The van der Waals surface area contributed by atoms with Crippen LogP contribution in [0.1, 0.15) is 58.8 Å². The van der Waals surface area contributed by atoms with E-state index in [0.717, 1.165) is 13.1 Å². The molecule has 110 valence electrons. The van der Waals surface area contributed by atoms with Crippen LogP contribution in [0.5, 0.6) is 0 Å². The van der Waals surface area contributed by atoms with Gasteiger partial charge in [-0.1, -0.05) is 34.1 Å². The lowest BCUT2D eigenvalue weighted by atomic mass is 10.2. The molecule has 0 spiro atoms. The van der Waals surface area contributed by atoms with Gasteiger partial charge in [-0.25, -0.2) is 4.98 Å². The Morgan fingerprint density at radius 1 is 1.32 bits per heavy atom. The van der Waals surface area contributed by atoms with Crippen molar-refractivity contribution in [2.75, 3.05) is 11.4 Å². The Balaban J connectivity index is 2.67. The number of thiazole rings is 1. The van der Waals surface area contributed by atoms with Crippen LogP contribution in [-0.4, -0.2) is 23.6 Å². The molecule has 1 aromatic rings. The minimum absolute atomic E-state index is 0.524. The minimum atomic E-state index is 0.524. The van der Waals surface area contributed by atoms with Crippen molar-refractivity contribution in [3.05, 3.63) is 11.1 Å². The Bertz CT molecular complexity index is 349. The van der Waals surface area contributed by atoms with Crippen molar-refractivity contribution in [1.82, 2.24) is 10.3 Å². The predicted molar refractivity (Wildman–Crippen MR) is 86.1 cm³/mol. The second-order valence-corrected chi connectivity index (χ2v) is 6.54. The highest BCUT2D eigenvalue weighted by Crippen LogP contribution is 2.25. The van der Waals surface area contributed by atoms with Crippen molar-refractivity contribution >= 4 is 16.5 Å². The molecule has 0 amide bonds. The van der Waals surface area contributed by atoms with Gasteiger partial charge in [-0.15, -0.1) is 11.3 Å². The average Bonchev–Trinajstić information content (AvgIpc) is 2.85. The van der Waals surface area contributed by atoms with Crippen molar-refractivity contribution in [2.45, 2.75) is 72.5 Å². The van der Waals surface area contributed by atoms with Crippen LogP contribution in [0.2, 0.25) is 0 Å². The summed E-state index contributed by atoms with van der Waals surface area (Å²) in [5.74, 6) is 0. The predicted octanol–water partition coefficient (Wildman–Crippen LogP) is 4.05. The van der Waals surface area contributed by atoms with Crippen LogP contribution >= 0.6 is 11.3 Å². The van der Waals surface area contributed by atoms with Crippen LogP contribution in [0.15, 0.2) is 6.20 Å². The summed E-state index contributed by atoms with van der Waals surface area (Å²) in [4.78, 5) is 8.41. The Morgan fingerprint density at radius 2 is 2.05 bits per heavy atom. The fourth-order valence-electron chi connectivity index (χ4n) is 1.87. The van der Waals surface area contributed by atoms with Crippen molar-refractivity contribution < 1.29 is 0 Å². The SMILES string of the molecule is CCCCN(c1ncc(CNC(C)C)s1)C(C)CC. The molecular weight excluding hydrogens is 254 g/mol. The molecule has 1 atom stereocenters. The van der Waals surface area contributed by atoms with Gasteiger partial charge in [0.25, 0.3) is 0 Å². The summed E-state index contributed by atoms with van der Waals surface area (Å²) in [6.45, 7) is 13.2. The molecule has 0 aliphatic heterocycles. The van der Waals surface area contributed by atoms with E-state index >= 15 is 0 Å². The molecule has 0 aliphatic carbocycles. The highest BCUT2D eigenvalue weighted by molar-refractivity contribution is 7.15. The van der Waals surface area contributed by atoms with Crippen molar-refractivity contribution in [3.8, 4) is 0 Å². The number of anilines is 1. The van der Waals surface area contributed by atoms with E-state index in [4.69, 9.17) is 0 Å². The minimum Gasteiger partial charge on any atom is -0.345 e. The molecule has 0 saturated carbocycles. The summed E-state index contributed by atoms with van der Waals surface area (Å²) in [6.07, 6.45) is 5.67. The number of aromatic nitrogens is 1. The zero-order chi connectivity index (χ0) is 14.3. The number of nitrogens with zero attached hydrogens (tertiary/aromatic N) is 2. The van der Waals surface area contributed by atoms with Crippen molar-refractivity contribution in [3.63, 3.8) is 0 Å². The van der Waals surface area contributed by atoms with Crippen molar-refractivity contribution in [2.24, 2.45) is 0 Å². The fourth-order valence-corrected chi connectivity index (χ4v) is 2.86. The summed E-state index contributed by atoms with van der Waals surface area (Å²) in [7, 11) is 0. The maximum absolute atomic E-state index is 4.62. The number of hydrogen-bond donors (Lipinski definition) is 1. The quantitative estimate of drug-likeness (QED) is 0.741. The van der Waals surface area contributed by atoms with Gasteiger partial charge in [0.15, 0.2) is 5.13 Å². The third kappa shape index (κ3) is 5.49. The monoisotopic (exact) mass is 283 g/mol. The summed E-state index contributed by atoms with van der Waals surface area (Å²) < 4.78 is 0. The molecule has 1 aromatic heterocycles. The second-order valence-electron chi connectivity index (χ2n) is 5.45. The van der Waals surface area contributed by atoms with Gasteiger partial charge in [0.1, 0.15) is 0 Å². The second kappa shape index (κ2) is 8.54. The van der Waals surface area contributed by atoms with E-state index in [1.54, 1.807) is 0 Å². The molecule has 0 aromatic carbocycles. The lowest BCUT2D eigenvalue weighted by Gasteiger charge is -2.28. The maximum atomic E-state index is 4.62. The van der Waals surface area contributed by atoms with Crippen LogP contribution in [0.3, 0.4) is 0 Å². The van der Waals surface area contributed by atoms with E-state index in [-0.39, 0.29) is 0 Å². The van der Waals surface area contributed by atoms with Crippen molar-refractivity contribution in [1.29, 1.82) is 0 Å². The number of unbranched alkanes of at least 4 members (excludes halogenated alkanes) is 1. The van der Waals surface area contributed by atoms with Gasteiger partial charge in [-0.2, -0.15) is 0 Å². The van der Waals surface area contributed by atoms with Gasteiger partial charge in [0, 0.05) is 36.2 Å². The average molecular weight is 283 g/mol. The molecule has 19 heavy (non-hydrogen) atoms. The van der Waals surface area contributed by atoms with Gasteiger partial charge in [-0.05, 0) is 19.8 Å². The fraction of sp³-hybridized carbons (Fsp3) is 0.800. The summed E-state index contributed by atoms with van der Waals surface area (Å²) in [5, 5.41) is 4.64. The molecule has 1 N–H and O–H groups in total. The molecule has 0 radical (unpaired) electrons. The lowest BCUT2D eigenvalue weighted by molar-refractivity contribution is 0.592. The smallest absolute Gasteiger partial charge is 0.185 e. The summed E-state index contributed by atoms with van der Waals surface area (Å²) in [5.41, 5.74) is 0. The normalized spacial score (nSPS) is 12.9. The Hall–Kier alpha value is -0.610. The molecule has 0 saturated heterocycles. The standard InChI is InChI=1S/C15H29N3S/c1-6-8-9-18(13(5)7-2)15-17-11-14(19-15)10-16-12(3)4/h11-13,16H,6-10H2,1-5H3. The maximum Gasteiger partial charge on any atom is 0.185 e. The topological polar surface area (TPSA) is 28.2 Å². The van der Waals surface area contributed by atoms with Crippen LogP contribution < -0.4 is 10.2 Å². The van der Waals surface area contributed by atoms with E-state index in [9.17, 15) is 0 Å². The van der Waals surface area contributed by atoms with E-state index in [1.165, 1.54) is 29.3 Å². The molecule has 0 aliphatic rings. The first-order chi connectivity index (χ1) is 9.08. The zero-order valence-electron chi connectivity index (χ0n) is 13.1. The highest BCUT2D eigenvalue weighted by atomic mass is 32.1. The van der Waals surface area contributed by atoms with E-state index < -0.39 is 0 Å². The van der Waals surface area contributed by atoms with Gasteiger partial charge in [0.05, 0.1) is 0 Å². The first-order valence-electron chi connectivity index (χ1n) is 7.53. The van der Waals surface area contributed by atoms with Crippen LogP contribution in [0.25, 0.3) is 0 Å². The third-order valence-electron chi connectivity index (χ3n) is 3.35. The highest BCUT2D eigenvalue weighted by Gasteiger charge is 2.16. The Morgan fingerprint density at radius 3 is 2.63 bits per heavy atom. The van der Waals surface area contributed by atoms with E-state index in [2.05, 4.69) is 49.8 Å². The summed E-state index contributed by atoms with van der Waals surface area (Å²) >= 11 is 1.83. The molecule has 3 nitrogen and oxygen atoms in total. The lowest BCUT2D eigenvalue weighted by Crippen LogP contribution is -2.33. The van der Waals surface area contributed by atoms with Crippen LogP contribution in [0, 0.1) is 0 Å². The van der Waals surface area contributed by atoms with Gasteiger partial charge in [0.2, 0.25) is 0 Å². The molecule has 1 heterocycles. The van der Waals surface area contributed by atoms with Gasteiger partial charge >= 0.3 is 0 Å². The summed E-state index contributed by atoms with van der Waals surface area (Å²) in [6, 6.07) is 1.10. The van der Waals surface area contributed by atoms with Gasteiger partial charge < -0.3 is 10.2 Å². The first-order valence-corrected chi connectivity index (χ1v) is 8.34. The number of rotatable bonds is 9.